The smallest absolute Gasteiger partial charge is 0.298 e. The van der Waals surface area contributed by atoms with Gasteiger partial charge in [0.25, 0.3) is 17.5 Å². The number of anilines is 1. The van der Waals surface area contributed by atoms with Crippen molar-refractivity contribution >= 4 is 45.8 Å². The van der Waals surface area contributed by atoms with Crippen LogP contribution in [0.25, 0.3) is 11.3 Å². The van der Waals surface area contributed by atoms with Crippen LogP contribution in [-0.2, 0) is 27.4 Å². The molecule has 0 radical (unpaired) electrons. The van der Waals surface area contributed by atoms with Gasteiger partial charge in [-0.25, -0.2) is 13.0 Å². The van der Waals surface area contributed by atoms with E-state index in [-0.39, 0.29) is 34.3 Å². The Labute approximate surface area is 236 Å². The van der Waals surface area contributed by atoms with E-state index in [1.54, 1.807) is 28.8 Å². The fraction of sp³-hybridized carbons (Fsp3) is 0.222. The molecule has 2 aromatic heterocycles. The SMILES string of the molecule is CCOc1ccc(-n2c([S-])c(C(=O)Nc3ccc(S(=O)(=O)N4CCOCC4)cc3)[n+]3cc(C(N)=O)ccc23)cc1. The number of primary amides is 1. The van der Waals surface area contributed by atoms with Gasteiger partial charge in [-0.1, -0.05) is 0 Å². The lowest BCUT2D eigenvalue weighted by Crippen LogP contribution is -2.40. The minimum Gasteiger partial charge on any atom is -0.732 e. The van der Waals surface area contributed by atoms with Gasteiger partial charge in [0, 0.05) is 29.9 Å². The Hall–Kier alpha value is -4.04. The summed E-state index contributed by atoms with van der Waals surface area (Å²) in [6.07, 6.45) is 1.46. The van der Waals surface area contributed by atoms with Gasteiger partial charge in [-0.2, -0.15) is 8.71 Å². The second kappa shape index (κ2) is 11.2. The Morgan fingerprint density at radius 1 is 1.05 bits per heavy atom. The summed E-state index contributed by atoms with van der Waals surface area (Å²) < 4.78 is 41.2. The highest BCUT2D eigenvalue weighted by Gasteiger charge is 2.28. The molecular formula is C27H27N5O6S2. The van der Waals surface area contributed by atoms with Gasteiger partial charge in [0.1, 0.15) is 17.6 Å². The average molecular weight is 582 g/mol. The number of nitrogens with two attached hydrogens (primary N) is 1. The lowest BCUT2D eigenvalue weighted by atomic mass is 10.2. The number of rotatable bonds is 8. The number of nitrogens with one attached hydrogen (secondary N) is 1. The standard InChI is InChI=1S/C27H27N5O6S2/c1-2-38-21-8-6-20(7-9-21)32-23-12-3-18(25(28)33)17-31(23)24(27(32)39)26(34)29-19-4-10-22(11-5-19)40(35,36)30-13-15-37-16-14-30/h3-12,17H,2,13-16H2,1H3,(H3-,28,29,33,34,39). The molecule has 0 atom stereocenters. The summed E-state index contributed by atoms with van der Waals surface area (Å²) in [6, 6.07) is 16.4. The van der Waals surface area contributed by atoms with E-state index in [1.165, 1.54) is 39.2 Å². The molecule has 2 amide bonds. The van der Waals surface area contributed by atoms with Crippen LogP contribution in [0.1, 0.15) is 27.8 Å². The van der Waals surface area contributed by atoms with Gasteiger partial charge >= 0.3 is 0 Å². The molecule has 1 saturated heterocycles. The fourth-order valence-corrected chi connectivity index (χ4v) is 6.26. The summed E-state index contributed by atoms with van der Waals surface area (Å²) in [5.74, 6) is -0.512. The number of carbonyl (C=O) groups excluding carboxylic acids is 2. The van der Waals surface area contributed by atoms with Crippen molar-refractivity contribution in [2.24, 2.45) is 5.73 Å². The summed E-state index contributed by atoms with van der Waals surface area (Å²) in [4.78, 5) is 25.6. The lowest BCUT2D eigenvalue weighted by molar-refractivity contribution is -0.514. The molecule has 0 spiro atoms. The highest BCUT2D eigenvalue weighted by Crippen LogP contribution is 2.24. The van der Waals surface area contributed by atoms with E-state index in [0.29, 0.717) is 42.6 Å². The average Bonchev–Trinajstić information content (AvgIpc) is 3.25. The van der Waals surface area contributed by atoms with Gasteiger partial charge in [0.2, 0.25) is 15.7 Å². The van der Waals surface area contributed by atoms with Crippen LogP contribution in [0, 0.1) is 0 Å². The third-order valence-electron chi connectivity index (χ3n) is 6.43. The second-order valence-corrected chi connectivity index (χ2v) is 11.2. The third kappa shape index (κ3) is 5.23. The summed E-state index contributed by atoms with van der Waals surface area (Å²) in [5, 5.41) is 2.99. The molecule has 11 nitrogen and oxygen atoms in total. The molecule has 3 N–H and O–H groups in total. The molecule has 0 aliphatic carbocycles. The molecule has 0 saturated carbocycles. The molecule has 1 aliphatic rings. The molecule has 5 rings (SSSR count). The molecule has 4 aromatic rings. The summed E-state index contributed by atoms with van der Waals surface area (Å²) in [7, 11) is -3.68. The number of fused-ring (bicyclic) bond motifs is 1. The van der Waals surface area contributed by atoms with Gasteiger partial charge in [0.05, 0.1) is 30.3 Å². The predicted octanol–water partition coefficient (Wildman–Crippen LogP) is 1.89. The van der Waals surface area contributed by atoms with Crippen LogP contribution in [0.5, 0.6) is 5.75 Å². The number of hydrogen-bond acceptors (Lipinski definition) is 7. The maximum Gasteiger partial charge on any atom is 0.298 e. The van der Waals surface area contributed by atoms with Crippen molar-refractivity contribution in [1.29, 1.82) is 0 Å². The topological polar surface area (TPSA) is 137 Å². The molecule has 1 fully saturated rings. The largest absolute Gasteiger partial charge is 0.732 e. The molecular weight excluding hydrogens is 554 g/mol. The minimum absolute atomic E-state index is 0.104. The maximum absolute atomic E-state index is 13.6. The molecule has 40 heavy (non-hydrogen) atoms. The highest BCUT2D eigenvalue weighted by molar-refractivity contribution is 7.89. The van der Waals surface area contributed by atoms with Gasteiger partial charge < -0.3 is 33.2 Å². The van der Waals surface area contributed by atoms with Crippen molar-refractivity contribution in [2.75, 3.05) is 38.2 Å². The Morgan fingerprint density at radius 3 is 2.35 bits per heavy atom. The molecule has 1 aliphatic heterocycles. The third-order valence-corrected chi connectivity index (χ3v) is 8.72. The first kappa shape index (κ1) is 27.5. The van der Waals surface area contributed by atoms with E-state index in [4.69, 9.17) is 27.8 Å². The number of ether oxygens (including phenoxy) is 2. The zero-order valence-corrected chi connectivity index (χ0v) is 23.2. The van der Waals surface area contributed by atoms with E-state index in [1.807, 2.05) is 19.1 Å². The number of pyridine rings is 1. The highest BCUT2D eigenvalue weighted by atomic mass is 32.2. The Kier molecular flexibility index (Phi) is 7.72. The fourth-order valence-electron chi connectivity index (χ4n) is 4.46. The quantitative estimate of drug-likeness (QED) is 0.240. The Morgan fingerprint density at radius 2 is 1.73 bits per heavy atom. The number of morpholine rings is 1. The molecule has 0 bridgehead atoms. The first-order valence-corrected chi connectivity index (χ1v) is 14.3. The van der Waals surface area contributed by atoms with Crippen molar-refractivity contribution in [3.05, 3.63) is 78.1 Å². The summed E-state index contributed by atoms with van der Waals surface area (Å²) in [6.45, 7) is 3.67. The van der Waals surface area contributed by atoms with Gasteiger partial charge in [0.15, 0.2) is 0 Å². The van der Waals surface area contributed by atoms with Crippen LogP contribution in [0.4, 0.5) is 5.69 Å². The van der Waals surface area contributed by atoms with E-state index in [2.05, 4.69) is 5.32 Å². The molecule has 2 aromatic carbocycles. The monoisotopic (exact) mass is 581 g/mol. The number of hydrogen-bond donors (Lipinski definition) is 2. The van der Waals surface area contributed by atoms with Gasteiger partial charge in [-0.05, 0) is 61.5 Å². The number of benzene rings is 2. The van der Waals surface area contributed by atoms with Crippen LogP contribution >= 0.6 is 0 Å². The zero-order chi connectivity index (χ0) is 28.4. The van der Waals surface area contributed by atoms with Crippen molar-refractivity contribution in [1.82, 2.24) is 8.87 Å². The first-order chi connectivity index (χ1) is 19.2. The number of imidazole rings is 1. The van der Waals surface area contributed by atoms with E-state index in [9.17, 15) is 18.0 Å². The second-order valence-electron chi connectivity index (χ2n) is 8.92. The summed E-state index contributed by atoms with van der Waals surface area (Å²) in [5.41, 5.74) is 7.40. The number of sulfonamides is 1. The van der Waals surface area contributed by atoms with Crippen LogP contribution in [0.15, 0.2) is 76.8 Å². The molecule has 3 heterocycles. The van der Waals surface area contributed by atoms with E-state index >= 15 is 0 Å². The van der Waals surface area contributed by atoms with Gasteiger partial charge in [-0.15, -0.1) is 0 Å². The minimum atomic E-state index is -3.68. The zero-order valence-electron chi connectivity index (χ0n) is 21.6. The predicted molar refractivity (Wildman–Crippen MR) is 148 cm³/mol. The van der Waals surface area contributed by atoms with Crippen LogP contribution in [0.2, 0.25) is 0 Å². The van der Waals surface area contributed by atoms with Crippen molar-refractivity contribution in [3.8, 4) is 11.4 Å². The van der Waals surface area contributed by atoms with Gasteiger partial charge in [-0.3, -0.25) is 9.59 Å². The maximum atomic E-state index is 13.6. The van der Waals surface area contributed by atoms with Crippen molar-refractivity contribution in [3.63, 3.8) is 0 Å². The Balaban J connectivity index is 1.49. The molecule has 0 unspecified atom stereocenters. The number of aromatic nitrogens is 2. The number of carbonyl (C=O) groups is 2. The van der Waals surface area contributed by atoms with E-state index in [0.717, 1.165) is 0 Å². The van der Waals surface area contributed by atoms with Crippen LogP contribution in [0.3, 0.4) is 0 Å². The molecule has 208 valence electrons. The first-order valence-electron chi connectivity index (χ1n) is 12.5. The number of amides is 2. The normalized spacial score (nSPS) is 14.2. The van der Waals surface area contributed by atoms with Crippen molar-refractivity contribution in [2.45, 2.75) is 16.8 Å². The molecule has 13 heteroatoms. The Bertz CT molecular complexity index is 1680. The van der Waals surface area contributed by atoms with E-state index < -0.39 is 21.8 Å². The van der Waals surface area contributed by atoms with Crippen LogP contribution < -0.4 is 20.2 Å². The van der Waals surface area contributed by atoms with Crippen molar-refractivity contribution < 1.29 is 31.9 Å². The lowest BCUT2D eigenvalue weighted by Gasteiger charge is -2.26. The summed E-state index contributed by atoms with van der Waals surface area (Å²) >= 11 is 5.74. The van der Waals surface area contributed by atoms with Crippen LogP contribution in [-0.4, -0.2) is 62.0 Å². The number of nitrogens with zero attached hydrogens (tertiary/aromatic N) is 3.